The van der Waals surface area contributed by atoms with E-state index >= 15 is 0 Å². The van der Waals surface area contributed by atoms with Crippen LogP contribution in [0.25, 0.3) is 16.9 Å². The lowest BCUT2D eigenvalue weighted by molar-refractivity contribution is -0.137. The second-order valence-electron chi connectivity index (χ2n) is 4.31. The van der Waals surface area contributed by atoms with Crippen molar-refractivity contribution in [2.45, 2.75) is 13.1 Å². The molecule has 20 heavy (non-hydrogen) atoms. The van der Waals surface area contributed by atoms with Crippen molar-refractivity contribution in [2.24, 2.45) is 0 Å². The van der Waals surface area contributed by atoms with Crippen molar-refractivity contribution in [1.82, 2.24) is 14.7 Å². The van der Waals surface area contributed by atoms with Crippen molar-refractivity contribution in [1.29, 1.82) is 0 Å². The Labute approximate surface area is 110 Å². The molecule has 0 fully saturated rings. The average molecular weight is 282 g/mol. The van der Waals surface area contributed by atoms with Crippen molar-refractivity contribution in [3.63, 3.8) is 0 Å². The molecular weight excluding hydrogens is 273 g/mol. The molecule has 3 aromatic rings. The molecule has 5 nitrogen and oxygen atoms in total. The minimum absolute atomic E-state index is 0.0375. The summed E-state index contributed by atoms with van der Waals surface area (Å²) in [6.07, 6.45) is -4.44. The minimum atomic E-state index is -4.44. The van der Waals surface area contributed by atoms with Crippen molar-refractivity contribution >= 4 is 17.0 Å². The van der Waals surface area contributed by atoms with Gasteiger partial charge in [-0.3, -0.25) is 0 Å². The number of alkyl halides is 3. The Morgan fingerprint density at radius 1 is 1.25 bits per heavy atom. The zero-order valence-electron chi connectivity index (χ0n) is 10.3. The molecule has 0 unspecified atom stereocenters. The van der Waals surface area contributed by atoms with Crippen LogP contribution in [-0.4, -0.2) is 14.7 Å². The molecule has 3 rings (SSSR count). The Balaban J connectivity index is 2.28. The van der Waals surface area contributed by atoms with E-state index in [1.165, 1.54) is 10.6 Å². The summed E-state index contributed by atoms with van der Waals surface area (Å²) in [5, 5.41) is 3.69. The van der Waals surface area contributed by atoms with E-state index in [1.54, 1.807) is 13.0 Å². The van der Waals surface area contributed by atoms with Crippen LogP contribution >= 0.6 is 0 Å². The number of imidazole rings is 1. The molecule has 0 aliphatic carbocycles. The van der Waals surface area contributed by atoms with E-state index in [-0.39, 0.29) is 17.3 Å². The number of aromatic nitrogens is 3. The summed E-state index contributed by atoms with van der Waals surface area (Å²) in [6.45, 7) is 1.70. The van der Waals surface area contributed by atoms with Gasteiger partial charge in [0.25, 0.3) is 0 Å². The largest absolute Gasteiger partial charge is 0.416 e. The third-order valence-electron chi connectivity index (χ3n) is 2.84. The van der Waals surface area contributed by atoms with Gasteiger partial charge >= 0.3 is 6.18 Å². The van der Waals surface area contributed by atoms with Gasteiger partial charge in [-0.05, 0) is 25.1 Å². The highest BCUT2D eigenvalue weighted by molar-refractivity contribution is 5.81. The highest BCUT2D eigenvalue weighted by Gasteiger charge is 2.31. The number of nitrogen functional groups attached to an aromatic ring is 1. The Hall–Kier alpha value is -2.51. The number of nitrogens with two attached hydrogens (primary N) is 1. The maximum atomic E-state index is 12.8. The summed E-state index contributed by atoms with van der Waals surface area (Å²) in [7, 11) is 0. The van der Waals surface area contributed by atoms with E-state index in [0.29, 0.717) is 11.2 Å². The number of benzene rings is 1. The third-order valence-corrected chi connectivity index (χ3v) is 2.84. The molecule has 0 aliphatic rings. The summed E-state index contributed by atoms with van der Waals surface area (Å²) in [4.78, 5) is 4.01. The first kappa shape index (κ1) is 12.5. The summed E-state index contributed by atoms with van der Waals surface area (Å²) in [5.41, 5.74) is 6.12. The van der Waals surface area contributed by atoms with Crippen LogP contribution in [0.3, 0.4) is 0 Å². The maximum absolute atomic E-state index is 12.8. The number of halogens is 3. The summed E-state index contributed by atoms with van der Waals surface area (Å²) in [6, 6.07) is 4.79. The molecule has 0 saturated carbocycles. The molecular formula is C12H9F3N4O. The number of fused-ring (bicyclic) bond motifs is 1. The lowest BCUT2D eigenvalue weighted by Crippen LogP contribution is -2.05. The minimum Gasteiger partial charge on any atom is -0.369 e. The van der Waals surface area contributed by atoms with Crippen LogP contribution < -0.4 is 5.73 Å². The van der Waals surface area contributed by atoms with E-state index in [4.69, 9.17) is 10.3 Å². The normalized spacial score (nSPS) is 12.2. The molecule has 0 spiro atoms. The molecule has 2 heterocycles. The van der Waals surface area contributed by atoms with Gasteiger partial charge in [-0.15, -0.1) is 0 Å². The predicted molar refractivity (Wildman–Crippen MR) is 65.3 cm³/mol. The first-order chi connectivity index (χ1) is 9.36. The summed E-state index contributed by atoms with van der Waals surface area (Å²) in [5.74, 6) is 0.261. The van der Waals surface area contributed by atoms with E-state index in [2.05, 4.69) is 10.1 Å². The predicted octanol–water partition coefficient (Wildman–Crippen LogP) is 2.92. The lowest BCUT2D eigenvalue weighted by Gasteiger charge is -2.07. The fourth-order valence-electron chi connectivity index (χ4n) is 1.96. The Morgan fingerprint density at radius 3 is 2.60 bits per heavy atom. The highest BCUT2D eigenvalue weighted by atomic mass is 19.4. The highest BCUT2D eigenvalue weighted by Crippen LogP contribution is 2.33. The number of hydrogen-bond donors (Lipinski definition) is 1. The molecule has 1 aromatic carbocycles. The van der Waals surface area contributed by atoms with E-state index in [0.717, 1.165) is 12.1 Å². The van der Waals surface area contributed by atoms with Crippen molar-refractivity contribution in [2.75, 3.05) is 5.73 Å². The SMILES string of the molecule is Cc1cc(-n2c(N)nc3ccc(C(F)(F)F)cc32)on1. The molecule has 0 aliphatic heterocycles. The van der Waals surface area contributed by atoms with Crippen molar-refractivity contribution in [3.8, 4) is 5.88 Å². The first-order valence-electron chi connectivity index (χ1n) is 5.65. The van der Waals surface area contributed by atoms with E-state index in [1.807, 2.05) is 0 Å². The van der Waals surface area contributed by atoms with Gasteiger partial charge in [-0.25, -0.2) is 9.55 Å². The molecule has 2 N–H and O–H groups in total. The zero-order chi connectivity index (χ0) is 14.5. The zero-order valence-corrected chi connectivity index (χ0v) is 10.3. The van der Waals surface area contributed by atoms with Gasteiger partial charge in [0.1, 0.15) is 0 Å². The Morgan fingerprint density at radius 2 is 2.00 bits per heavy atom. The van der Waals surface area contributed by atoms with Gasteiger partial charge in [0, 0.05) is 6.07 Å². The number of aryl methyl sites for hydroxylation is 1. The fraction of sp³-hybridized carbons (Fsp3) is 0.167. The van der Waals surface area contributed by atoms with Crippen LogP contribution in [0.2, 0.25) is 0 Å². The van der Waals surface area contributed by atoms with Gasteiger partial charge in [0.2, 0.25) is 11.8 Å². The fourth-order valence-corrected chi connectivity index (χ4v) is 1.96. The van der Waals surface area contributed by atoms with Crippen LogP contribution in [0.1, 0.15) is 11.3 Å². The van der Waals surface area contributed by atoms with E-state index < -0.39 is 11.7 Å². The lowest BCUT2D eigenvalue weighted by atomic mass is 10.2. The molecule has 0 radical (unpaired) electrons. The quantitative estimate of drug-likeness (QED) is 0.745. The first-order valence-corrected chi connectivity index (χ1v) is 5.65. The molecule has 104 valence electrons. The van der Waals surface area contributed by atoms with Crippen LogP contribution in [0.15, 0.2) is 28.8 Å². The van der Waals surface area contributed by atoms with Crippen molar-refractivity contribution in [3.05, 3.63) is 35.5 Å². The second-order valence-corrected chi connectivity index (χ2v) is 4.31. The summed E-state index contributed by atoms with van der Waals surface area (Å²) < 4.78 is 44.6. The topological polar surface area (TPSA) is 69.9 Å². The van der Waals surface area contributed by atoms with Gasteiger partial charge in [-0.1, -0.05) is 5.16 Å². The standard InChI is InChI=1S/C12H9F3N4O/c1-6-4-10(20-18-6)19-9-5-7(12(13,14)15)2-3-8(9)17-11(19)16/h2-5H,1H3,(H2,16,17). The van der Waals surface area contributed by atoms with Gasteiger partial charge in [-0.2, -0.15) is 13.2 Å². The van der Waals surface area contributed by atoms with Crippen LogP contribution in [0, 0.1) is 6.92 Å². The molecule has 2 aromatic heterocycles. The number of nitrogens with zero attached hydrogens (tertiary/aromatic N) is 3. The van der Waals surface area contributed by atoms with Crippen molar-refractivity contribution < 1.29 is 17.7 Å². The van der Waals surface area contributed by atoms with Gasteiger partial charge in [0.15, 0.2) is 0 Å². The van der Waals surface area contributed by atoms with Crippen LogP contribution in [-0.2, 0) is 6.18 Å². The molecule has 0 atom stereocenters. The van der Waals surface area contributed by atoms with Gasteiger partial charge in [0.05, 0.1) is 22.3 Å². The number of anilines is 1. The summed E-state index contributed by atoms with van der Waals surface area (Å²) >= 11 is 0. The van der Waals surface area contributed by atoms with Crippen LogP contribution in [0.5, 0.6) is 0 Å². The van der Waals surface area contributed by atoms with Crippen LogP contribution in [0.4, 0.5) is 19.1 Å². The van der Waals surface area contributed by atoms with Gasteiger partial charge < -0.3 is 10.3 Å². The number of rotatable bonds is 1. The smallest absolute Gasteiger partial charge is 0.369 e. The molecule has 0 bridgehead atoms. The molecule has 0 saturated heterocycles. The Bertz CT molecular complexity index is 788. The Kier molecular flexibility index (Phi) is 2.50. The monoisotopic (exact) mass is 282 g/mol. The number of hydrogen-bond acceptors (Lipinski definition) is 4. The second kappa shape index (κ2) is 3.99. The molecule has 0 amide bonds. The third kappa shape index (κ3) is 1.89. The van der Waals surface area contributed by atoms with E-state index in [9.17, 15) is 13.2 Å². The maximum Gasteiger partial charge on any atom is 0.416 e. The average Bonchev–Trinajstić information content (AvgIpc) is 2.89. The molecule has 8 heteroatoms.